The van der Waals surface area contributed by atoms with Gasteiger partial charge in [0.25, 0.3) is 0 Å². The quantitative estimate of drug-likeness (QED) is 0.788. The van der Waals surface area contributed by atoms with Crippen LogP contribution in [0.4, 0.5) is 5.69 Å². The van der Waals surface area contributed by atoms with Crippen molar-refractivity contribution in [2.24, 2.45) is 0 Å². The highest BCUT2D eigenvalue weighted by molar-refractivity contribution is 5.83. The van der Waals surface area contributed by atoms with Gasteiger partial charge >= 0.3 is 0 Å². The highest BCUT2D eigenvalue weighted by Crippen LogP contribution is 2.40. The molecule has 2 atom stereocenters. The Morgan fingerprint density at radius 1 is 1.00 bits per heavy atom. The van der Waals surface area contributed by atoms with Gasteiger partial charge in [-0.25, -0.2) is 0 Å². The summed E-state index contributed by atoms with van der Waals surface area (Å²) in [4.78, 5) is 14.3. The molecule has 3 aliphatic heterocycles. The summed E-state index contributed by atoms with van der Waals surface area (Å²) in [6, 6.07) is 6.93. The highest BCUT2D eigenvalue weighted by Gasteiger charge is 2.37. The van der Waals surface area contributed by atoms with Gasteiger partial charge in [0, 0.05) is 36.7 Å². The van der Waals surface area contributed by atoms with E-state index in [2.05, 4.69) is 17.0 Å². The van der Waals surface area contributed by atoms with Crippen LogP contribution in [0.2, 0.25) is 0 Å². The summed E-state index contributed by atoms with van der Waals surface area (Å²) in [6.07, 6.45) is 4.88. The van der Waals surface area contributed by atoms with E-state index in [9.17, 15) is 4.79 Å². The molecule has 3 heterocycles. The van der Waals surface area contributed by atoms with E-state index in [0.29, 0.717) is 43.9 Å². The summed E-state index contributed by atoms with van der Waals surface area (Å²) in [5.41, 5.74) is 1.18. The highest BCUT2D eigenvalue weighted by atomic mass is 16.6. The number of benzene rings is 1. The molecule has 0 N–H and O–H groups in total. The van der Waals surface area contributed by atoms with Crippen LogP contribution in [-0.2, 0) is 4.79 Å². The smallest absolute Gasteiger partial charge is 0.163 e. The lowest BCUT2D eigenvalue weighted by Crippen LogP contribution is -2.52. The zero-order valence-electron chi connectivity index (χ0n) is 11.5. The number of carbonyl (C=O) groups excluding carboxylic acids is 1. The van der Waals surface area contributed by atoms with Crippen molar-refractivity contribution >= 4 is 11.5 Å². The number of fused-ring (bicyclic) bond motifs is 3. The van der Waals surface area contributed by atoms with Crippen LogP contribution in [0.1, 0.15) is 32.1 Å². The minimum Gasteiger partial charge on any atom is -0.486 e. The van der Waals surface area contributed by atoms with Crippen molar-refractivity contribution in [1.29, 1.82) is 0 Å². The van der Waals surface area contributed by atoms with Crippen LogP contribution in [0.3, 0.4) is 0 Å². The average Bonchev–Trinajstić information content (AvgIpc) is 2.46. The van der Waals surface area contributed by atoms with Gasteiger partial charge in [0.2, 0.25) is 0 Å². The van der Waals surface area contributed by atoms with Gasteiger partial charge in [-0.15, -0.1) is 0 Å². The Bertz CT molecular complexity index is 527. The third-order valence-corrected chi connectivity index (χ3v) is 4.61. The first-order chi connectivity index (χ1) is 9.81. The zero-order chi connectivity index (χ0) is 13.5. The molecule has 1 aromatic rings. The number of hydrogen-bond donors (Lipinski definition) is 0. The lowest BCUT2D eigenvalue weighted by molar-refractivity contribution is -0.121. The summed E-state index contributed by atoms with van der Waals surface area (Å²) in [5.74, 6) is 2.09. The average molecular weight is 273 g/mol. The van der Waals surface area contributed by atoms with E-state index < -0.39 is 0 Å². The van der Waals surface area contributed by atoms with Gasteiger partial charge in [-0.05, 0) is 31.4 Å². The van der Waals surface area contributed by atoms with Crippen LogP contribution in [0.5, 0.6) is 11.5 Å². The number of piperidine rings is 2. The maximum absolute atomic E-state index is 11.8. The molecule has 0 amide bonds. The molecule has 2 unspecified atom stereocenters. The Morgan fingerprint density at radius 2 is 1.70 bits per heavy atom. The lowest BCUT2D eigenvalue weighted by atomic mass is 9.83. The van der Waals surface area contributed by atoms with E-state index in [-0.39, 0.29) is 0 Å². The van der Waals surface area contributed by atoms with Gasteiger partial charge in [-0.3, -0.25) is 4.79 Å². The molecule has 2 saturated heterocycles. The van der Waals surface area contributed by atoms with Crippen molar-refractivity contribution < 1.29 is 14.3 Å². The molecule has 20 heavy (non-hydrogen) atoms. The van der Waals surface area contributed by atoms with Crippen molar-refractivity contribution in [3.63, 3.8) is 0 Å². The number of carbonyl (C=O) groups is 1. The molecule has 4 rings (SSSR count). The first kappa shape index (κ1) is 12.1. The summed E-state index contributed by atoms with van der Waals surface area (Å²) < 4.78 is 11.3. The standard InChI is InChI=1S/C16H19NO3/c18-14-8-11-2-1-3-12(9-14)17(11)13-4-5-15-16(10-13)20-7-6-19-15/h4-5,10-12H,1-3,6-9H2. The van der Waals surface area contributed by atoms with Gasteiger partial charge < -0.3 is 14.4 Å². The number of hydrogen-bond acceptors (Lipinski definition) is 4. The molecule has 0 aliphatic carbocycles. The fourth-order valence-corrected chi connectivity index (χ4v) is 3.79. The molecule has 0 spiro atoms. The molecular weight excluding hydrogens is 254 g/mol. The van der Waals surface area contributed by atoms with E-state index in [1.54, 1.807) is 0 Å². The molecule has 4 heteroatoms. The van der Waals surface area contributed by atoms with Crippen LogP contribution in [0.25, 0.3) is 0 Å². The minimum absolute atomic E-state index is 0.373. The van der Waals surface area contributed by atoms with Crippen LogP contribution in [0.15, 0.2) is 18.2 Å². The molecule has 2 fully saturated rings. The van der Waals surface area contributed by atoms with E-state index in [1.807, 2.05) is 6.07 Å². The normalized spacial score (nSPS) is 28.4. The van der Waals surface area contributed by atoms with Crippen molar-refractivity contribution in [3.05, 3.63) is 18.2 Å². The fourth-order valence-electron chi connectivity index (χ4n) is 3.79. The maximum Gasteiger partial charge on any atom is 0.163 e. The van der Waals surface area contributed by atoms with Crippen molar-refractivity contribution in [2.45, 2.75) is 44.2 Å². The molecule has 0 radical (unpaired) electrons. The minimum atomic E-state index is 0.373. The van der Waals surface area contributed by atoms with Crippen LogP contribution in [-0.4, -0.2) is 31.1 Å². The Morgan fingerprint density at radius 3 is 2.45 bits per heavy atom. The fraction of sp³-hybridized carbons (Fsp3) is 0.562. The first-order valence-corrected chi connectivity index (χ1v) is 7.51. The summed E-state index contributed by atoms with van der Waals surface area (Å²) in [5, 5.41) is 0. The SMILES string of the molecule is O=C1CC2CCCC(C1)N2c1ccc2c(c1)OCCO2. The van der Waals surface area contributed by atoms with Crippen molar-refractivity contribution in [2.75, 3.05) is 18.1 Å². The van der Waals surface area contributed by atoms with Gasteiger partial charge in [0.05, 0.1) is 0 Å². The Balaban J connectivity index is 1.68. The summed E-state index contributed by atoms with van der Waals surface area (Å²) >= 11 is 0. The Labute approximate surface area is 118 Å². The number of ether oxygens (including phenoxy) is 2. The third-order valence-electron chi connectivity index (χ3n) is 4.61. The van der Waals surface area contributed by atoms with Crippen LogP contribution in [0, 0.1) is 0 Å². The van der Waals surface area contributed by atoms with E-state index in [0.717, 1.165) is 24.3 Å². The number of anilines is 1. The molecule has 3 aliphatic rings. The number of ketones is 1. The van der Waals surface area contributed by atoms with Gasteiger partial charge in [-0.1, -0.05) is 0 Å². The second-order valence-electron chi connectivity index (χ2n) is 5.92. The second kappa shape index (κ2) is 4.69. The van der Waals surface area contributed by atoms with E-state index in [4.69, 9.17) is 9.47 Å². The van der Waals surface area contributed by atoms with Gasteiger partial charge in [0.1, 0.15) is 19.0 Å². The molecule has 106 valence electrons. The molecule has 0 saturated carbocycles. The summed E-state index contributed by atoms with van der Waals surface area (Å²) in [6.45, 7) is 1.23. The number of rotatable bonds is 1. The van der Waals surface area contributed by atoms with E-state index >= 15 is 0 Å². The Hall–Kier alpha value is -1.71. The topological polar surface area (TPSA) is 38.8 Å². The van der Waals surface area contributed by atoms with Gasteiger partial charge in [0.15, 0.2) is 11.5 Å². The molecule has 4 nitrogen and oxygen atoms in total. The maximum atomic E-state index is 11.8. The third kappa shape index (κ3) is 1.94. The number of nitrogens with zero attached hydrogens (tertiary/aromatic N) is 1. The van der Waals surface area contributed by atoms with Gasteiger partial charge in [-0.2, -0.15) is 0 Å². The van der Waals surface area contributed by atoms with Crippen molar-refractivity contribution in [1.82, 2.24) is 0 Å². The molecule has 2 bridgehead atoms. The molecule has 0 aromatic heterocycles. The number of Topliss-reactive ketones (excluding diaryl/α,β-unsaturated/α-hetero) is 1. The van der Waals surface area contributed by atoms with Crippen molar-refractivity contribution in [3.8, 4) is 11.5 Å². The predicted molar refractivity (Wildman–Crippen MR) is 75.6 cm³/mol. The Kier molecular flexibility index (Phi) is 2.83. The van der Waals surface area contributed by atoms with Crippen LogP contribution >= 0.6 is 0 Å². The second-order valence-corrected chi connectivity index (χ2v) is 5.92. The molecular formula is C16H19NO3. The van der Waals surface area contributed by atoms with E-state index in [1.165, 1.54) is 12.1 Å². The molecule has 1 aromatic carbocycles. The lowest BCUT2D eigenvalue weighted by Gasteiger charge is -2.47. The monoisotopic (exact) mass is 273 g/mol. The zero-order valence-corrected chi connectivity index (χ0v) is 11.5. The predicted octanol–water partition coefficient (Wildman–Crippen LogP) is 2.55. The first-order valence-electron chi connectivity index (χ1n) is 7.51. The summed E-state index contributed by atoms with van der Waals surface area (Å²) in [7, 11) is 0. The largest absolute Gasteiger partial charge is 0.486 e. The van der Waals surface area contributed by atoms with Crippen LogP contribution < -0.4 is 14.4 Å².